The van der Waals surface area contributed by atoms with Gasteiger partial charge in [0, 0.05) is 0 Å². The lowest BCUT2D eigenvalue weighted by Crippen LogP contribution is -2.06. The van der Waals surface area contributed by atoms with Gasteiger partial charge in [-0.2, -0.15) is 0 Å². The van der Waals surface area contributed by atoms with E-state index in [4.69, 9.17) is 0 Å². The summed E-state index contributed by atoms with van der Waals surface area (Å²) in [5.41, 5.74) is 0. The van der Waals surface area contributed by atoms with E-state index in [0.717, 1.165) is 17.8 Å². The van der Waals surface area contributed by atoms with Gasteiger partial charge in [0.1, 0.15) is 0 Å². The standard InChI is InChI=1S/C15H26/c1-13-9-11-15(12-10-13)8-4-7-14-5-2-3-6-14/h9,11,13-15H,2-8,10,12H2,1H3. The first kappa shape index (κ1) is 11.2. The van der Waals surface area contributed by atoms with E-state index in [1.165, 1.54) is 57.8 Å². The second-order valence-corrected chi connectivity index (χ2v) is 5.78. The monoisotopic (exact) mass is 206 g/mol. The Kier molecular flexibility index (Phi) is 4.29. The third-order valence-corrected chi connectivity index (χ3v) is 4.37. The highest BCUT2D eigenvalue weighted by Gasteiger charge is 2.16. The van der Waals surface area contributed by atoms with E-state index in [9.17, 15) is 0 Å². The lowest BCUT2D eigenvalue weighted by atomic mass is 9.86. The van der Waals surface area contributed by atoms with E-state index in [2.05, 4.69) is 19.1 Å². The van der Waals surface area contributed by atoms with E-state index in [0.29, 0.717) is 0 Å². The maximum atomic E-state index is 2.49. The molecule has 0 heteroatoms. The highest BCUT2D eigenvalue weighted by atomic mass is 14.2. The fourth-order valence-electron chi connectivity index (χ4n) is 3.22. The van der Waals surface area contributed by atoms with E-state index >= 15 is 0 Å². The molecule has 15 heavy (non-hydrogen) atoms. The van der Waals surface area contributed by atoms with Crippen molar-refractivity contribution < 1.29 is 0 Å². The summed E-state index contributed by atoms with van der Waals surface area (Å²) >= 11 is 0. The third-order valence-electron chi connectivity index (χ3n) is 4.37. The highest BCUT2D eigenvalue weighted by Crippen LogP contribution is 2.31. The van der Waals surface area contributed by atoms with E-state index in [1.807, 2.05) is 0 Å². The van der Waals surface area contributed by atoms with E-state index < -0.39 is 0 Å². The third kappa shape index (κ3) is 3.66. The molecule has 0 N–H and O–H groups in total. The molecule has 2 aliphatic carbocycles. The summed E-state index contributed by atoms with van der Waals surface area (Å²) < 4.78 is 0. The Hall–Kier alpha value is -0.260. The molecule has 0 saturated heterocycles. The molecular weight excluding hydrogens is 180 g/mol. The van der Waals surface area contributed by atoms with Crippen LogP contribution in [0.1, 0.15) is 64.7 Å². The normalized spacial score (nSPS) is 32.3. The SMILES string of the molecule is CC1C=CC(CCCC2CCCC2)CC1. The Bertz CT molecular complexity index is 198. The van der Waals surface area contributed by atoms with Gasteiger partial charge in [0.25, 0.3) is 0 Å². The number of rotatable bonds is 4. The minimum atomic E-state index is 0.844. The van der Waals surface area contributed by atoms with Crippen molar-refractivity contribution >= 4 is 0 Å². The summed E-state index contributed by atoms with van der Waals surface area (Å²) in [6.07, 6.45) is 18.3. The topological polar surface area (TPSA) is 0 Å². The van der Waals surface area contributed by atoms with Crippen molar-refractivity contribution in [3.63, 3.8) is 0 Å². The van der Waals surface area contributed by atoms with Crippen LogP contribution in [0, 0.1) is 17.8 Å². The molecule has 1 saturated carbocycles. The van der Waals surface area contributed by atoms with Crippen LogP contribution < -0.4 is 0 Å². The molecule has 0 nitrogen and oxygen atoms in total. The average Bonchev–Trinajstić information content (AvgIpc) is 2.74. The van der Waals surface area contributed by atoms with Crippen LogP contribution >= 0.6 is 0 Å². The fourth-order valence-corrected chi connectivity index (χ4v) is 3.22. The van der Waals surface area contributed by atoms with Crippen molar-refractivity contribution in [3.8, 4) is 0 Å². The molecule has 0 radical (unpaired) electrons. The Morgan fingerprint density at radius 3 is 2.40 bits per heavy atom. The van der Waals surface area contributed by atoms with Crippen LogP contribution in [0.15, 0.2) is 12.2 Å². The summed E-state index contributed by atoms with van der Waals surface area (Å²) in [7, 11) is 0. The minimum Gasteiger partial charge on any atom is -0.0854 e. The first-order valence-corrected chi connectivity index (χ1v) is 7.03. The summed E-state index contributed by atoms with van der Waals surface area (Å²) in [4.78, 5) is 0. The van der Waals surface area contributed by atoms with Crippen LogP contribution in [0.2, 0.25) is 0 Å². The smallest absolute Gasteiger partial charge is 0.0233 e. The van der Waals surface area contributed by atoms with Gasteiger partial charge in [0.2, 0.25) is 0 Å². The average molecular weight is 206 g/mol. The largest absolute Gasteiger partial charge is 0.0854 e. The summed E-state index contributed by atoms with van der Waals surface area (Å²) in [6.45, 7) is 2.34. The molecule has 0 aromatic rings. The highest BCUT2D eigenvalue weighted by molar-refractivity contribution is 4.96. The molecule has 0 bridgehead atoms. The van der Waals surface area contributed by atoms with Crippen LogP contribution in [0.3, 0.4) is 0 Å². The lowest BCUT2D eigenvalue weighted by Gasteiger charge is -2.20. The molecule has 2 atom stereocenters. The maximum absolute atomic E-state index is 2.49. The zero-order valence-corrected chi connectivity index (χ0v) is 10.3. The van der Waals surface area contributed by atoms with Gasteiger partial charge in [-0.25, -0.2) is 0 Å². The first-order chi connectivity index (χ1) is 7.34. The molecule has 0 aromatic carbocycles. The molecule has 0 aliphatic heterocycles. The second-order valence-electron chi connectivity index (χ2n) is 5.78. The molecule has 0 spiro atoms. The fraction of sp³-hybridized carbons (Fsp3) is 0.867. The van der Waals surface area contributed by atoms with Crippen LogP contribution in [-0.4, -0.2) is 0 Å². The summed E-state index contributed by atoms with van der Waals surface area (Å²) in [5.74, 6) is 2.86. The Morgan fingerprint density at radius 1 is 0.933 bits per heavy atom. The van der Waals surface area contributed by atoms with Crippen LogP contribution in [-0.2, 0) is 0 Å². The molecule has 2 rings (SSSR count). The number of hydrogen-bond donors (Lipinski definition) is 0. The van der Waals surface area contributed by atoms with Gasteiger partial charge >= 0.3 is 0 Å². The van der Waals surface area contributed by atoms with E-state index in [1.54, 1.807) is 0 Å². The zero-order chi connectivity index (χ0) is 10.5. The number of allylic oxidation sites excluding steroid dienone is 2. The van der Waals surface area contributed by atoms with Gasteiger partial charge in [-0.1, -0.05) is 57.6 Å². The van der Waals surface area contributed by atoms with Crippen molar-refractivity contribution in [1.29, 1.82) is 0 Å². The summed E-state index contributed by atoms with van der Waals surface area (Å²) in [6, 6.07) is 0. The van der Waals surface area contributed by atoms with Crippen molar-refractivity contribution in [2.75, 3.05) is 0 Å². The molecule has 0 aromatic heterocycles. The Morgan fingerprint density at radius 2 is 1.73 bits per heavy atom. The van der Waals surface area contributed by atoms with Gasteiger partial charge in [0.05, 0.1) is 0 Å². The van der Waals surface area contributed by atoms with E-state index in [-0.39, 0.29) is 0 Å². The van der Waals surface area contributed by atoms with Crippen LogP contribution in [0.5, 0.6) is 0 Å². The first-order valence-electron chi connectivity index (χ1n) is 7.03. The predicted molar refractivity (Wildman–Crippen MR) is 66.8 cm³/mol. The van der Waals surface area contributed by atoms with Crippen LogP contribution in [0.4, 0.5) is 0 Å². The second kappa shape index (κ2) is 5.72. The van der Waals surface area contributed by atoms with Gasteiger partial charge in [-0.3, -0.25) is 0 Å². The minimum absolute atomic E-state index is 0.844. The van der Waals surface area contributed by atoms with Gasteiger partial charge < -0.3 is 0 Å². The molecule has 2 aliphatic rings. The van der Waals surface area contributed by atoms with Crippen molar-refractivity contribution in [2.45, 2.75) is 64.7 Å². The molecule has 0 heterocycles. The van der Waals surface area contributed by atoms with Crippen molar-refractivity contribution in [1.82, 2.24) is 0 Å². The van der Waals surface area contributed by atoms with Crippen molar-refractivity contribution in [2.24, 2.45) is 17.8 Å². The Labute approximate surface area is 95.1 Å². The summed E-state index contributed by atoms with van der Waals surface area (Å²) in [5, 5.41) is 0. The van der Waals surface area contributed by atoms with Crippen LogP contribution in [0.25, 0.3) is 0 Å². The molecule has 2 unspecified atom stereocenters. The molecule has 0 amide bonds. The van der Waals surface area contributed by atoms with Gasteiger partial charge in [-0.15, -0.1) is 0 Å². The number of hydrogen-bond acceptors (Lipinski definition) is 0. The van der Waals surface area contributed by atoms with Gasteiger partial charge in [0.15, 0.2) is 0 Å². The van der Waals surface area contributed by atoms with Gasteiger partial charge in [-0.05, 0) is 37.0 Å². The maximum Gasteiger partial charge on any atom is -0.0233 e. The lowest BCUT2D eigenvalue weighted by molar-refractivity contribution is 0.405. The quantitative estimate of drug-likeness (QED) is 0.571. The predicted octanol–water partition coefficient (Wildman–Crippen LogP) is 4.95. The van der Waals surface area contributed by atoms with Crippen molar-refractivity contribution in [3.05, 3.63) is 12.2 Å². The Balaban J connectivity index is 1.59. The molecule has 1 fully saturated rings. The zero-order valence-electron chi connectivity index (χ0n) is 10.3. The molecule has 86 valence electrons. The molecular formula is C15H26.